The van der Waals surface area contributed by atoms with Crippen molar-refractivity contribution in [3.05, 3.63) is 29.0 Å². The van der Waals surface area contributed by atoms with Crippen molar-refractivity contribution < 1.29 is 4.74 Å². The molecular formula is C17H27ClN2O. The Morgan fingerprint density at radius 2 is 2.14 bits per heavy atom. The van der Waals surface area contributed by atoms with Gasteiger partial charge in [-0.3, -0.25) is 4.98 Å². The van der Waals surface area contributed by atoms with Gasteiger partial charge in [0, 0.05) is 25.5 Å². The smallest absolute Gasteiger partial charge is 0.0755 e. The lowest BCUT2D eigenvalue weighted by Crippen LogP contribution is -2.47. The molecule has 0 amide bonds. The monoisotopic (exact) mass is 310 g/mol. The quantitative estimate of drug-likeness (QED) is 0.830. The Morgan fingerprint density at radius 1 is 1.38 bits per heavy atom. The number of nitrogens with one attached hydrogen (secondary N) is 1. The minimum atomic E-state index is 0.259. The van der Waals surface area contributed by atoms with E-state index in [1.807, 2.05) is 19.4 Å². The molecule has 1 aliphatic rings. The molecule has 2 unspecified atom stereocenters. The summed E-state index contributed by atoms with van der Waals surface area (Å²) in [6.07, 6.45) is 11.3. The van der Waals surface area contributed by atoms with Gasteiger partial charge in [0.15, 0.2) is 0 Å². The zero-order chi connectivity index (χ0) is 15.1. The van der Waals surface area contributed by atoms with Crippen molar-refractivity contribution in [1.29, 1.82) is 0 Å². The lowest BCUT2D eigenvalue weighted by Gasteiger charge is -2.35. The summed E-state index contributed by atoms with van der Waals surface area (Å²) in [5.74, 6) is 0.661. The number of likely N-dealkylation sites (N-methyl/N-ethyl adjacent to an activating group) is 1. The summed E-state index contributed by atoms with van der Waals surface area (Å²) in [5, 5.41) is 4.35. The molecule has 21 heavy (non-hydrogen) atoms. The van der Waals surface area contributed by atoms with Crippen LogP contribution in [-0.4, -0.2) is 30.8 Å². The number of ether oxygens (including phenoxy) is 1. The van der Waals surface area contributed by atoms with Crippen molar-refractivity contribution in [3.8, 4) is 0 Å². The molecule has 1 fully saturated rings. The highest BCUT2D eigenvalue weighted by molar-refractivity contribution is 6.31. The molecule has 1 saturated carbocycles. The van der Waals surface area contributed by atoms with Gasteiger partial charge in [-0.15, -0.1) is 0 Å². The van der Waals surface area contributed by atoms with Crippen molar-refractivity contribution in [1.82, 2.24) is 10.3 Å². The van der Waals surface area contributed by atoms with Gasteiger partial charge in [0.1, 0.15) is 0 Å². The molecule has 118 valence electrons. The van der Waals surface area contributed by atoms with Gasteiger partial charge >= 0.3 is 0 Å². The average Bonchev–Trinajstić information content (AvgIpc) is 2.51. The second kappa shape index (κ2) is 8.72. The van der Waals surface area contributed by atoms with E-state index in [2.05, 4.69) is 17.2 Å². The van der Waals surface area contributed by atoms with Crippen LogP contribution in [0.3, 0.4) is 0 Å². The average molecular weight is 311 g/mol. The van der Waals surface area contributed by atoms with Gasteiger partial charge < -0.3 is 10.1 Å². The van der Waals surface area contributed by atoms with Crippen LogP contribution in [0.1, 0.15) is 44.6 Å². The normalized spacial score (nSPS) is 19.4. The summed E-state index contributed by atoms with van der Waals surface area (Å²) in [6.45, 7) is 3.09. The molecule has 0 aromatic carbocycles. The third kappa shape index (κ3) is 4.67. The van der Waals surface area contributed by atoms with Gasteiger partial charge in [-0.05, 0) is 43.4 Å². The lowest BCUT2D eigenvalue weighted by molar-refractivity contribution is 0.00869. The van der Waals surface area contributed by atoms with Gasteiger partial charge in [-0.1, -0.05) is 37.8 Å². The third-order valence-electron chi connectivity index (χ3n) is 4.55. The SMILES string of the molecule is CCNC(Cc1ccncc1Cl)C(OC)C1CCCCC1. The molecule has 0 saturated heterocycles. The van der Waals surface area contributed by atoms with Crippen LogP contribution in [0, 0.1) is 5.92 Å². The molecule has 0 radical (unpaired) electrons. The van der Waals surface area contributed by atoms with E-state index < -0.39 is 0 Å². The third-order valence-corrected chi connectivity index (χ3v) is 4.89. The Balaban J connectivity index is 2.10. The van der Waals surface area contributed by atoms with E-state index in [1.165, 1.54) is 32.1 Å². The Bertz CT molecular complexity index is 421. The van der Waals surface area contributed by atoms with Crippen molar-refractivity contribution in [2.75, 3.05) is 13.7 Å². The maximum absolute atomic E-state index is 6.27. The van der Waals surface area contributed by atoms with E-state index in [0.717, 1.165) is 23.6 Å². The van der Waals surface area contributed by atoms with Crippen molar-refractivity contribution in [2.24, 2.45) is 5.92 Å². The van der Waals surface area contributed by atoms with Gasteiger partial charge in [0.2, 0.25) is 0 Å². The number of hydrogen-bond acceptors (Lipinski definition) is 3. The van der Waals surface area contributed by atoms with Crippen LogP contribution in [0.5, 0.6) is 0 Å². The van der Waals surface area contributed by atoms with Crippen LogP contribution in [0.4, 0.5) is 0 Å². The van der Waals surface area contributed by atoms with E-state index in [1.54, 1.807) is 6.20 Å². The number of hydrogen-bond donors (Lipinski definition) is 1. The highest BCUT2D eigenvalue weighted by Gasteiger charge is 2.30. The molecule has 0 spiro atoms. The molecule has 0 bridgehead atoms. The molecule has 2 atom stereocenters. The van der Waals surface area contributed by atoms with Crippen molar-refractivity contribution in [3.63, 3.8) is 0 Å². The minimum absolute atomic E-state index is 0.259. The highest BCUT2D eigenvalue weighted by Crippen LogP contribution is 2.30. The standard InChI is InChI=1S/C17H27ClN2O/c1-3-20-16(11-14-9-10-19-12-15(14)18)17(21-2)13-7-5-4-6-8-13/h9-10,12-13,16-17,20H,3-8,11H2,1-2H3. The van der Waals surface area contributed by atoms with Crippen LogP contribution in [0.2, 0.25) is 5.02 Å². The van der Waals surface area contributed by atoms with Crippen molar-refractivity contribution >= 4 is 11.6 Å². The molecular weight excluding hydrogens is 284 g/mol. The van der Waals surface area contributed by atoms with Crippen LogP contribution in [0.15, 0.2) is 18.5 Å². The Labute approximate surface area is 133 Å². The Hall–Kier alpha value is -0.640. The summed E-state index contributed by atoms with van der Waals surface area (Å²) >= 11 is 6.27. The first-order valence-electron chi connectivity index (χ1n) is 8.10. The number of rotatable bonds is 7. The number of halogens is 1. The van der Waals surface area contributed by atoms with Crippen molar-refractivity contribution in [2.45, 2.75) is 57.6 Å². The fraction of sp³-hybridized carbons (Fsp3) is 0.706. The molecule has 1 aromatic rings. The van der Waals surface area contributed by atoms with Crippen LogP contribution in [-0.2, 0) is 11.2 Å². The minimum Gasteiger partial charge on any atom is -0.380 e. The first-order valence-corrected chi connectivity index (χ1v) is 8.48. The maximum atomic E-state index is 6.27. The predicted octanol–water partition coefficient (Wildman–Crippen LogP) is 3.85. The van der Waals surface area contributed by atoms with Gasteiger partial charge in [-0.25, -0.2) is 0 Å². The van der Waals surface area contributed by atoms with E-state index in [9.17, 15) is 0 Å². The summed E-state index contributed by atoms with van der Waals surface area (Å²) in [4.78, 5) is 4.07. The molecule has 2 rings (SSSR count). The highest BCUT2D eigenvalue weighted by atomic mass is 35.5. The number of methoxy groups -OCH3 is 1. The largest absolute Gasteiger partial charge is 0.380 e. The molecule has 1 heterocycles. The zero-order valence-electron chi connectivity index (χ0n) is 13.1. The topological polar surface area (TPSA) is 34.2 Å². The molecule has 1 N–H and O–H groups in total. The number of pyridine rings is 1. The van der Waals surface area contributed by atoms with E-state index in [0.29, 0.717) is 12.0 Å². The molecule has 3 nitrogen and oxygen atoms in total. The second-order valence-electron chi connectivity index (χ2n) is 5.93. The Kier molecular flexibility index (Phi) is 6.94. The summed E-state index contributed by atoms with van der Waals surface area (Å²) in [7, 11) is 1.85. The van der Waals surface area contributed by atoms with Crippen LogP contribution < -0.4 is 5.32 Å². The fourth-order valence-corrected chi connectivity index (χ4v) is 3.72. The zero-order valence-corrected chi connectivity index (χ0v) is 13.9. The fourth-order valence-electron chi connectivity index (χ4n) is 3.52. The lowest BCUT2D eigenvalue weighted by atomic mass is 9.81. The van der Waals surface area contributed by atoms with Crippen LogP contribution in [0.25, 0.3) is 0 Å². The van der Waals surface area contributed by atoms with E-state index in [-0.39, 0.29) is 6.10 Å². The number of aromatic nitrogens is 1. The van der Waals surface area contributed by atoms with Crippen LogP contribution >= 0.6 is 11.6 Å². The van der Waals surface area contributed by atoms with Gasteiger partial charge in [0.05, 0.1) is 11.1 Å². The van der Waals surface area contributed by atoms with E-state index >= 15 is 0 Å². The van der Waals surface area contributed by atoms with E-state index in [4.69, 9.17) is 16.3 Å². The predicted molar refractivity (Wildman–Crippen MR) is 87.8 cm³/mol. The summed E-state index contributed by atoms with van der Waals surface area (Å²) < 4.78 is 5.90. The maximum Gasteiger partial charge on any atom is 0.0755 e. The summed E-state index contributed by atoms with van der Waals surface area (Å²) in [6, 6.07) is 2.32. The summed E-state index contributed by atoms with van der Waals surface area (Å²) in [5.41, 5.74) is 1.15. The van der Waals surface area contributed by atoms with Gasteiger partial charge in [0.25, 0.3) is 0 Å². The number of nitrogens with zero attached hydrogens (tertiary/aromatic N) is 1. The molecule has 4 heteroatoms. The first-order chi connectivity index (χ1) is 10.3. The first kappa shape index (κ1) is 16.7. The second-order valence-corrected chi connectivity index (χ2v) is 6.34. The molecule has 0 aliphatic heterocycles. The molecule has 1 aromatic heterocycles. The Morgan fingerprint density at radius 3 is 2.76 bits per heavy atom. The van der Waals surface area contributed by atoms with Gasteiger partial charge in [-0.2, -0.15) is 0 Å². The molecule has 1 aliphatic carbocycles.